The van der Waals surface area contributed by atoms with Crippen molar-refractivity contribution in [2.24, 2.45) is 7.05 Å². The molecule has 4 rings (SSSR count). The third-order valence-corrected chi connectivity index (χ3v) is 5.39. The Morgan fingerprint density at radius 1 is 1.38 bits per heavy atom. The Morgan fingerprint density at radius 2 is 2.19 bits per heavy atom. The second-order valence-corrected chi connectivity index (χ2v) is 7.29. The van der Waals surface area contributed by atoms with Gasteiger partial charge in [-0.1, -0.05) is 30.3 Å². The molecule has 2 saturated heterocycles. The lowest BCUT2D eigenvalue weighted by Gasteiger charge is -2.28. The average Bonchev–Trinajstić information content (AvgIpc) is 3.34. The molecule has 0 aliphatic carbocycles. The summed E-state index contributed by atoms with van der Waals surface area (Å²) in [7, 11) is 1.83. The molecule has 1 aromatic heterocycles. The van der Waals surface area contributed by atoms with Gasteiger partial charge in [-0.2, -0.15) is 5.10 Å². The Bertz CT molecular complexity index is 781. The van der Waals surface area contributed by atoms with Gasteiger partial charge in [-0.3, -0.25) is 9.48 Å². The standard InChI is InChI=1S/C20H25N3O3/c1-15-17(11-22(2)21-15)19(24)23-12-18(20(14-23)9-6-10-26-20)25-13-16-7-4-3-5-8-16/h3-5,7-8,11,18H,6,9-10,12-14H2,1-2H3/t18-,20-/m0/s1. The predicted molar refractivity (Wildman–Crippen MR) is 96.8 cm³/mol. The van der Waals surface area contributed by atoms with E-state index in [1.165, 1.54) is 0 Å². The Morgan fingerprint density at radius 3 is 2.85 bits per heavy atom. The zero-order chi connectivity index (χ0) is 18.1. The molecular weight excluding hydrogens is 330 g/mol. The Hall–Kier alpha value is -2.18. The molecule has 1 amide bonds. The maximum absolute atomic E-state index is 13.0. The van der Waals surface area contributed by atoms with Crippen LogP contribution >= 0.6 is 0 Å². The first-order valence-corrected chi connectivity index (χ1v) is 9.16. The molecule has 0 bridgehead atoms. The largest absolute Gasteiger partial charge is 0.370 e. The van der Waals surface area contributed by atoms with E-state index in [2.05, 4.69) is 17.2 Å². The highest BCUT2D eigenvalue weighted by molar-refractivity contribution is 5.95. The molecule has 26 heavy (non-hydrogen) atoms. The molecule has 1 aromatic carbocycles. The highest BCUT2D eigenvalue weighted by Crippen LogP contribution is 2.38. The highest BCUT2D eigenvalue weighted by atomic mass is 16.6. The number of hydrogen-bond acceptors (Lipinski definition) is 4. The summed E-state index contributed by atoms with van der Waals surface area (Å²) in [4.78, 5) is 14.9. The van der Waals surface area contributed by atoms with E-state index in [-0.39, 0.29) is 17.6 Å². The normalized spacial score (nSPS) is 25.3. The van der Waals surface area contributed by atoms with Crippen molar-refractivity contribution in [3.8, 4) is 0 Å². The van der Waals surface area contributed by atoms with Crippen molar-refractivity contribution in [3.05, 3.63) is 53.3 Å². The molecule has 6 nitrogen and oxygen atoms in total. The maximum atomic E-state index is 13.0. The number of amides is 1. The number of aromatic nitrogens is 2. The average molecular weight is 355 g/mol. The van der Waals surface area contributed by atoms with Gasteiger partial charge in [-0.05, 0) is 25.3 Å². The van der Waals surface area contributed by atoms with E-state index in [1.54, 1.807) is 10.9 Å². The van der Waals surface area contributed by atoms with Gasteiger partial charge in [0.05, 0.1) is 31.0 Å². The smallest absolute Gasteiger partial charge is 0.257 e. The SMILES string of the molecule is Cc1nn(C)cc1C(=O)N1C[C@H](OCc2ccccc2)[C@]2(CCCO2)C1. The van der Waals surface area contributed by atoms with Crippen molar-refractivity contribution in [2.45, 2.75) is 38.1 Å². The molecular formula is C20H25N3O3. The first-order valence-electron chi connectivity index (χ1n) is 9.16. The van der Waals surface area contributed by atoms with E-state index in [4.69, 9.17) is 9.47 Å². The van der Waals surface area contributed by atoms with Gasteiger partial charge in [0, 0.05) is 19.9 Å². The minimum Gasteiger partial charge on any atom is -0.370 e. The number of nitrogens with zero attached hydrogens (tertiary/aromatic N) is 3. The van der Waals surface area contributed by atoms with E-state index in [0.29, 0.717) is 25.3 Å². The summed E-state index contributed by atoms with van der Waals surface area (Å²) in [6.45, 7) is 4.28. The minimum atomic E-state index is -0.374. The van der Waals surface area contributed by atoms with Gasteiger partial charge < -0.3 is 14.4 Å². The van der Waals surface area contributed by atoms with Crippen molar-refractivity contribution in [3.63, 3.8) is 0 Å². The van der Waals surface area contributed by atoms with E-state index in [1.807, 2.05) is 37.1 Å². The fourth-order valence-electron chi connectivity index (χ4n) is 4.06. The second kappa shape index (κ2) is 6.85. The molecule has 2 aliphatic heterocycles. The number of rotatable bonds is 4. The molecule has 3 heterocycles. The summed E-state index contributed by atoms with van der Waals surface area (Å²) in [6, 6.07) is 10.1. The van der Waals surface area contributed by atoms with E-state index in [0.717, 1.165) is 30.7 Å². The number of hydrogen-bond donors (Lipinski definition) is 0. The predicted octanol–water partition coefficient (Wildman–Crippen LogP) is 2.32. The molecule has 1 spiro atoms. The van der Waals surface area contributed by atoms with Crippen LogP contribution in [0.1, 0.15) is 34.5 Å². The second-order valence-electron chi connectivity index (χ2n) is 7.29. The van der Waals surface area contributed by atoms with Gasteiger partial charge in [0.25, 0.3) is 5.91 Å². The summed E-state index contributed by atoms with van der Waals surface area (Å²) in [6.07, 6.45) is 3.63. The van der Waals surface area contributed by atoms with Crippen molar-refractivity contribution in [1.29, 1.82) is 0 Å². The van der Waals surface area contributed by atoms with Gasteiger partial charge >= 0.3 is 0 Å². The number of carbonyl (C=O) groups is 1. The number of carbonyl (C=O) groups excluding carboxylic acids is 1. The summed E-state index contributed by atoms with van der Waals surface area (Å²) in [5.74, 6) is 0.0105. The van der Waals surface area contributed by atoms with E-state index >= 15 is 0 Å². The quantitative estimate of drug-likeness (QED) is 0.845. The lowest BCUT2D eigenvalue weighted by atomic mass is 9.96. The fourth-order valence-corrected chi connectivity index (χ4v) is 4.06. The number of ether oxygens (including phenoxy) is 2. The van der Waals surface area contributed by atoms with Crippen LogP contribution in [0, 0.1) is 6.92 Å². The van der Waals surface area contributed by atoms with Crippen LogP contribution in [0.3, 0.4) is 0 Å². The summed E-state index contributed by atoms with van der Waals surface area (Å²) < 4.78 is 14.0. The van der Waals surface area contributed by atoms with Crippen LogP contribution in [0.5, 0.6) is 0 Å². The maximum Gasteiger partial charge on any atom is 0.257 e. The van der Waals surface area contributed by atoms with Crippen LogP contribution in [-0.4, -0.2) is 52.0 Å². The molecule has 0 unspecified atom stereocenters. The van der Waals surface area contributed by atoms with Crippen LogP contribution in [-0.2, 0) is 23.1 Å². The molecule has 2 atom stereocenters. The van der Waals surface area contributed by atoms with Crippen LogP contribution in [0.15, 0.2) is 36.5 Å². The minimum absolute atomic E-state index is 0.0105. The zero-order valence-corrected chi connectivity index (χ0v) is 15.4. The Balaban J connectivity index is 1.50. The molecule has 0 radical (unpaired) electrons. The molecule has 2 aliphatic rings. The molecule has 0 N–H and O–H groups in total. The molecule has 2 fully saturated rings. The number of aryl methyl sites for hydroxylation is 2. The van der Waals surface area contributed by atoms with Crippen LogP contribution in [0.2, 0.25) is 0 Å². The van der Waals surface area contributed by atoms with Crippen LogP contribution in [0.25, 0.3) is 0 Å². The highest BCUT2D eigenvalue weighted by Gasteiger charge is 2.52. The lowest BCUT2D eigenvalue weighted by Crippen LogP contribution is -2.42. The fraction of sp³-hybridized carbons (Fsp3) is 0.500. The molecule has 138 valence electrons. The first-order chi connectivity index (χ1) is 12.6. The summed E-state index contributed by atoms with van der Waals surface area (Å²) in [5.41, 5.74) is 2.17. The molecule has 0 saturated carbocycles. The first kappa shape index (κ1) is 17.2. The van der Waals surface area contributed by atoms with Crippen LogP contribution < -0.4 is 0 Å². The van der Waals surface area contributed by atoms with Gasteiger partial charge in [0.15, 0.2) is 0 Å². The molecule has 6 heteroatoms. The van der Waals surface area contributed by atoms with Crippen molar-refractivity contribution >= 4 is 5.91 Å². The van der Waals surface area contributed by atoms with Crippen molar-refractivity contribution in [1.82, 2.24) is 14.7 Å². The number of likely N-dealkylation sites (tertiary alicyclic amines) is 1. The third kappa shape index (κ3) is 3.15. The van der Waals surface area contributed by atoms with Gasteiger partial charge in [0.1, 0.15) is 11.7 Å². The zero-order valence-electron chi connectivity index (χ0n) is 15.4. The van der Waals surface area contributed by atoms with Crippen molar-refractivity contribution in [2.75, 3.05) is 19.7 Å². The summed E-state index contributed by atoms with van der Waals surface area (Å²) >= 11 is 0. The topological polar surface area (TPSA) is 56.6 Å². The Labute approximate surface area is 153 Å². The van der Waals surface area contributed by atoms with Crippen molar-refractivity contribution < 1.29 is 14.3 Å². The molecule has 2 aromatic rings. The monoisotopic (exact) mass is 355 g/mol. The third-order valence-electron chi connectivity index (χ3n) is 5.39. The van der Waals surface area contributed by atoms with Gasteiger partial charge in [0.2, 0.25) is 0 Å². The van der Waals surface area contributed by atoms with Gasteiger partial charge in [-0.25, -0.2) is 0 Å². The van der Waals surface area contributed by atoms with E-state index in [9.17, 15) is 4.79 Å². The van der Waals surface area contributed by atoms with E-state index < -0.39 is 0 Å². The Kier molecular flexibility index (Phi) is 4.54. The lowest BCUT2D eigenvalue weighted by molar-refractivity contribution is -0.0959. The summed E-state index contributed by atoms with van der Waals surface area (Å²) in [5, 5.41) is 4.29. The van der Waals surface area contributed by atoms with Crippen LogP contribution in [0.4, 0.5) is 0 Å². The van der Waals surface area contributed by atoms with Gasteiger partial charge in [-0.15, -0.1) is 0 Å². The number of benzene rings is 1.